The normalized spacial score (nSPS) is 13.6. The highest BCUT2D eigenvalue weighted by atomic mass is 79.9. The highest BCUT2D eigenvalue weighted by Crippen LogP contribution is 2.29. The zero-order chi connectivity index (χ0) is 13.3. The molecule has 0 bridgehead atoms. The average molecular weight is 325 g/mol. The molecule has 1 heterocycles. The van der Waals surface area contributed by atoms with Gasteiger partial charge in [-0.25, -0.2) is 4.98 Å². The molecule has 0 aliphatic rings. The molecule has 96 valence electrons. The van der Waals surface area contributed by atoms with Crippen molar-refractivity contribution in [3.05, 3.63) is 50.4 Å². The second kappa shape index (κ2) is 5.11. The number of aromatic nitrogens is 1. The minimum Gasteiger partial charge on any atom is -0.318 e. The highest BCUT2D eigenvalue weighted by Gasteiger charge is 2.20. The number of benzene rings is 1. The number of thiazole rings is 1. The molecule has 2 rings (SSSR count). The van der Waals surface area contributed by atoms with E-state index in [0.717, 1.165) is 20.7 Å². The molecular formula is C14H17BrN2S. The van der Waals surface area contributed by atoms with Crippen molar-refractivity contribution in [2.24, 2.45) is 5.73 Å². The minimum atomic E-state index is -0.140. The van der Waals surface area contributed by atoms with E-state index in [1.54, 1.807) is 11.3 Å². The monoisotopic (exact) mass is 324 g/mol. The molecule has 1 aromatic heterocycles. The van der Waals surface area contributed by atoms with Gasteiger partial charge in [0, 0.05) is 15.3 Å². The predicted octanol–water partition coefficient (Wildman–Crippen LogP) is 4.25. The summed E-state index contributed by atoms with van der Waals surface area (Å²) in [5, 5.41) is 3.08. The summed E-state index contributed by atoms with van der Waals surface area (Å²) in [7, 11) is 0. The van der Waals surface area contributed by atoms with Crippen molar-refractivity contribution < 1.29 is 0 Å². The van der Waals surface area contributed by atoms with Gasteiger partial charge < -0.3 is 5.73 Å². The standard InChI is InChI=1S/C14H17BrN2S/c1-14(2,3)11-8-18-13(17-11)12(16)9-4-6-10(15)7-5-9/h4-8,12H,16H2,1-3H3. The Bertz CT molecular complexity index is 525. The molecule has 4 heteroatoms. The topological polar surface area (TPSA) is 38.9 Å². The maximum atomic E-state index is 6.26. The van der Waals surface area contributed by atoms with Crippen molar-refractivity contribution in [2.45, 2.75) is 32.2 Å². The van der Waals surface area contributed by atoms with E-state index < -0.39 is 0 Å². The highest BCUT2D eigenvalue weighted by molar-refractivity contribution is 9.10. The van der Waals surface area contributed by atoms with Crippen LogP contribution in [0.3, 0.4) is 0 Å². The lowest BCUT2D eigenvalue weighted by molar-refractivity contribution is 0.569. The molecule has 0 spiro atoms. The Morgan fingerprint density at radius 3 is 2.33 bits per heavy atom. The molecule has 18 heavy (non-hydrogen) atoms. The molecule has 0 aliphatic heterocycles. The van der Waals surface area contributed by atoms with E-state index in [1.165, 1.54) is 0 Å². The lowest BCUT2D eigenvalue weighted by Crippen LogP contribution is -2.14. The van der Waals surface area contributed by atoms with Crippen LogP contribution in [0.25, 0.3) is 0 Å². The Morgan fingerprint density at radius 2 is 1.83 bits per heavy atom. The predicted molar refractivity (Wildman–Crippen MR) is 81.0 cm³/mol. The van der Waals surface area contributed by atoms with E-state index in [1.807, 2.05) is 24.3 Å². The maximum Gasteiger partial charge on any atom is 0.114 e. The summed E-state index contributed by atoms with van der Waals surface area (Å²) >= 11 is 5.06. The first kappa shape index (κ1) is 13.7. The first-order valence-electron chi connectivity index (χ1n) is 5.85. The Kier molecular flexibility index (Phi) is 3.90. The average Bonchev–Trinajstić information content (AvgIpc) is 2.78. The van der Waals surface area contributed by atoms with Gasteiger partial charge in [-0.1, -0.05) is 48.8 Å². The first-order valence-corrected chi connectivity index (χ1v) is 7.52. The largest absolute Gasteiger partial charge is 0.318 e. The molecule has 1 unspecified atom stereocenters. The fourth-order valence-electron chi connectivity index (χ4n) is 1.59. The van der Waals surface area contributed by atoms with Crippen LogP contribution in [0.5, 0.6) is 0 Å². The van der Waals surface area contributed by atoms with E-state index in [0.29, 0.717) is 0 Å². The van der Waals surface area contributed by atoms with Crippen LogP contribution >= 0.6 is 27.3 Å². The van der Waals surface area contributed by atoms with Crippen LogP contribution in [-0.4, -0.2) is 4.98 Å². The van der Waals surface area contributed by atoms with Crippen LogP contribution in [0.2, 0.25) is 0 Å². The molecular weight excluding hydrogens is 308 g/mol. The molecule has 2 N–H and O–H groups in total. The van der Waals surface area contributed by atoms with E-state index in [9.17, 15) is 0 Å². The van der Waals surface area contributed by atoms with E-state index in [-0.39, 0.29) is 11.5 Å². The zero-order valence-electron chi connectivity index (χ0n) is 10.8. The smallest absolute Gasteiger partial charge is 0.114 e. The number of rotatable bonds is 2. The first-order chi connectivity index (χ1) is 8.38. The van der Waals surface area contributed by atoms with E-state index in [4.69, 9.17) is 5.73 Å². The summed E-state index contributed by atoms with van der Waals surface area (Å²) in [5.41, 5.74) is 8.53. The van der Waals surface area contributed by atoms with Gasteiger partial charge in [0.2, 0.25) is 0 Å². The quantitative estimate of drug-likeness (QED) is 0.896. The van der Waals surface area contributed by atoms with Crippen molar-refractivity contribution in [2.75, 3.05) is 0 Å². The zero-order valence-corrected chi connectivity index (χ0v) is 13.2. The Balaban J connectivity index is 2.26. The van der Waals surface area contributed by atoms with Gasteiger partial charge in [0.05, 0.1) is 11.7 Å². The Morgan fingerprint density at radius 1 is 1.22 bits per heavy atom. The van der Waals surface area contributed by atoms with Gasteiger partial charge in [-0.3, -0.25) is 0 Å². The lowest BCUT2D eigenvalue weighted by atomic mass is 9.93. The molecule has 0 radical (unpaired) electrons. The van der Waals surface area contributed by atoms with Gasteiger partial charge in [0.15, 0.2) is 0 Å². The number of nitrogens with zero attached hydrogens (tertiary/aromatic N) is 1. The van der Waals surface area contributed by atoms with Crippen LogP contribution in [0, 0.1) is 0 Å². The molecule has 0 aliphatic carbocycles. The SMILES string of the molecule is CC(C)(C)c1csc(C(N)c2ccc(Br)cc2)n1. The van der Waals surface area contributed by atoms with Crippen molar-refractivity contribution >= 4 is 27.3 Å². The van der Waals surface area contributed by atoms with Crippen molar-refractivity contribution in [3.63, 3.8) is 0 Å². The van der Waals surface area contributed by atoms with E-state index >= 15 is 0 Å². The molecule has 2 aromatic rings. The molecule has 1 aromatic carbocycles. The number of nitrogens with two attached hydrogens (primary N) is 1. The fourth-order valence-corrected chi connectivity index (χ4v) is 2.92. The van der Waals surface area contributed by atoms with Crippen LogP contribution in [-0.2, 0) is 5.41 Å². The Hall–Kier alpha value is -0.710. The van der Waals surface area contributed by atoms with Crippen LogP contribution in [0.1, 0.15) is 43.1 Å². The molecule has 2 nitrogen and oxygen atoms in total. The molecule has 1 atom stereocenters. The summed E-state index contributed by atoms with van der Waals surface area (Å²) in [5.74, 6) is 0. The lowest BCUT2D eigenvalue weighted by Gasteiger charge is -2.15. The summed E-state index contributed by atoms with van der Waals surface area (Å²) in [6.07, 6.45) is 0. The van der Waals surface area contributed by atoms with Crippen LogP contribution in [0.15, 0.2) is 34.1 Å². The van der Waals surface area contributed by atoms with Gasteiger partial charge in [-0.05, 0) is 17.7 Å². The van der Waals surface area contributed by atoms with Gasteiger partial charge in [-0.2, -0.15) is 0 Å². The van der Waals surface area contributed by atoms with Crippen molar-refractivity contribution in [3.8, 4) is 0 Å². The maximum absolute atomic E-state index is 6.26. The third-order valence-corrected chi connectivity index (χ3v) is 4.24. The Labute approximate surface area is 120 Å². The second-order valence-corrected chi connectivity index (χ2v) is 7.16. The minimum absolute atomic E-state index is 0.0776. The van der Waals surface area contributed by atoms with Crippen molar-refractivity contribution in [1.29, 1.82) is 0 Å². The fraction of sp³-hybridized carbons (Fsp3) is 0.357. The van der Waals surface area contributed by atoms with Crippen molar-refractivity contribution in [1.82, 2.24) is 4.98 Å². The summed E-state index contributed by atoms with van der Waals surface area (Å²) in [6, 6.07) is 7.94. The third-order valence-electron chi connectivity index (χ3n) is 2.79. The van der Waals surface area contributed by atoms with Gasteiger partial charge in [-0.15, -0.1) is 11.3 Å². The molecule has 0 fully saturated rings. The van der Waals surface area contributed by atoms with Gasteiger partial charge in [0.1, 0.15) is 5.01 Å². The number of hydrogen-bond acceptors (Lipinski definition) is 3. The van der Waals surface area contributed by atoms with E-state index in [2.05, 4.69) is 47.1 Å². The summed E-state index contributed by atoms with van der Waals surface area (Å²) in [4.78, 5) is 4.66. The third kappa shape index (κ3) is 2.99. The molecule has 0 amide bonds. The van der Waals surface area contributed by atoms with Gasteiger partial charge >= 0.3 is 0 Å². The molecule has 0 saturated carbocycles. The van der Waals surface area contributed by atoms with Gasteiger partial charge in [0.25, 0.3) is 0 Å². The van der Waals surface area contributed by atoms with Crippen LogP contribution < -0.4 is 5.73 Å². The molecule has 0 saturated heterocycles. The summed E-state index contributed by atoms with van der Waals surface area (Å²) in [6.45, 7) is 6.49. The van der Waals surface area contributed by atoms with Crippen LogP contribution in [0.4, 0.5) is 0 Å². The number of halogens is 1. The summed E-state index contributed by atoms with van der Waals surface area (Å²) < 4.78 is 1.06. The number of hydrogen-bond donors (Lipinski definition) is 1. The second-order valence-electron chi connectivity index (χ2n) is 5.35.